The van der Waals surface area contributed by atoms with Crippen LogP contribution in [0.4, 0.5) is 0 Å². The average molecular weight is 231 g/mol. The third kappa shape index (κ3) is 1.78. The molecule has 0 saturated carbocycles. The Hall–Kier alpha value is -1.88. The van der Waals surface area contributed by atoms with Gasteiger partial charge in [-0.05, 0) is 13.1 Å². The highest BCUT2D eigenvalue weighted by molar-refractivity contribution is 5.42. The standard InChI is InChI=1S/C12H13N3O2/c1-13-6-11-14-12(17-15-11)9-7-16-10-5-3-2-4-8(9)10/h2-5,9,13H,6-7H2,1H3. The molecular formula is C12H13N3O2. The molecule has 3 rings (SSSR count). The summed E-state index contributed by atoms with van der Waals surface area (Å²) in [5.41, 5.74) is 1.12. The van der Waals surface area contributed by atoms with Gasteiger partial charge in [-0.25, -0.2) is 0 Å². The topological polar surface area (TPSA) is 60.2 Å². The van der Waals surface area contributed by atoms with Gasteiger partial charge in [0.25, 0.3) is 0 Å². The molecule has 1 aliphatic rings. The van der Waals surface area contributed by atoms with E-state index in [1.165, 1.54) is 0 Å². The van der Waals surface area contributed by atoms with Gasteiger partial charge in [0.15, 0.2) is 5.82 Å². The fraction of sp³-hybridized carbons (Fsp3) is 0.333. The van der Waals surface area contributed by atoms with Crippen LogP contribution in [0.25, 0.3) is 0 Å². The fourth-order valence-electron chi connectivity index (χ4n) is 2.01. The molecule has 0 saturated heterocycles. The number of nitrogens with one attached hydrogen (secondary N) is 1. The first-order valence-electron chi connectivity index (χ1n) is 5.57. The molecule has 0 amide bonds. The molecular weight excluding hydrogens is 218 g/mol. The van der Waals surface area contributed by atoms with E-state index in [0.29, 0.717) is 24.9 Å². The summed E-state index contributed by atoms with van der Waals surface area (Å²) < 4.78 is 10.9. The van der Waals surface area contributed by atoms with E-state index < -0.39 is 0 Å². The van der Waals surface area contributed by atoms with Crippen molar-refractivity contribution in [2.45, 2.75) is 12.5 Å². The summed E-state index contributed by atoms with van der Waals surface area (Å²) in [6.07, 6.45) is 0. The minimum atomic E-state index is 0.0595. The van der Waals surface area contributed by atoms with E-state index in [1.54, 1.807) is 0 Å². The van der Waals surface area contributed by atoms with Crippen molar-refractivity contribution < 1.29 is 9.26 Å². The van der Waals surface area contributed by atoms with Crippen LogP contribution in [0.2, 0.25) is 0 Å². The van der Waals surface area contributed by atoms with Crippen molar-refractivity contribution in [3.05, 3.63) is 41.5 Å². The molecule has 0 radical (unpaired) electrons. The molecule has 0 spiro atoms. The molecule has 88 valence electrons. The molecule has 0 aliphatic carbocycles. The zero-order chi connectivity index (χ0) is 11.7. The van der Waals surface area contributed by atoms with Crippen molar-refractivity contribution in [2.24, 2.45) is 0 Å². The van der Waals surface area contributed by atoms with E-state index in [9.17, 15) is 0 Å². The van der Waals surface area contributed by atoms with Crippen LogP contribution in [0.3, 0.4) is 0 Å². The van der Waals surface area contributed by atoms with Gasteiger partial charge in [-0.1, -0.05) is 23.4 Å². The Bertz CT molecular complexity index is 524. The van der Waals surface area contributed by atoms with Crippen molar-refractivity contribution >= 4 is 0 Å². The molecule has 1 aromatic heterocycles. The molecule has 5 heteroatoms. The molecule has 0 fully saturated rings. The Labute approximate surface area is 98.8 Å². The summed E-state index contributed by atoms with van der Waals surface area (Å²) in [7, 11) is 1.85. The van der Waals surface area contributed by atoms with Crippen molar-refractivity contribution in [2.75, 3.05) is 13.7 Å². The number of nitrogens with zero attached hydrogens (tertiary/aromatic N) is 2. The maximum absolute atomic E-state index is 5.59. The van der Waals surface area contributed by atoms with Gasteiger partial charge in [0.05, 0.1) is 6.54 Å². The third-order valence-corrected chi connectivity index (χ3v) is 2.82. The van der Waals surface area contributed by atoms with Crippen molar-refractivity contribution in [1.29, 1.82) is 0 Å². The average Bonchev–Trinajstić information content (AvgIpc) is 2.95. The molecule has 1 aliphatic heterocycles. The number of fused-ring (bicyclic) bond motifs is 1. The lowest BCUT2D eigenvalue weighted by Gasteiger charge is -2.01. The normalized spacial score (nSPS) is 17.8. The minimum Gasteiger partial charge on any atom is -0.492 e. The van der Waals surface area contributed by atoms with Crippen LogP contribution >= 0.6 is 0 Å². The number of ether oxygens (including phenoxy) is 1. The number of hydrogen-bond donors (Lipinski definition) is 1. The SMILES string of the molecule is CNCc1noc(C2COc3ccccc32)n1. The predicted molar refractivity (Wildman–Crippen MR) is 60.8 cm³/mol. The predicted octanol–water partition coefficient (Wildman–Crippen LogP) is 1.31. The quantitative estimate of drug-likeness (QED) is 0.863. The van der Waals surface area contributed by atoms with Crippen LogP contribution in [-0.2, 0) is 6.54 Å². The molecule has 2 heterocycles. The number of aromatic nitrogens is 2. The van der Waals surface area contributed by atoms with Crippen molar-refractivity contribution in [3.8, 4) is 5.75 Å². The lowest BCUT2D eigenvalue weighted by atomic mass is 10.0. The van der Waals surface area contributed by atoms with Gasteiger partial charge < -0.3 is 14.6 Å². The Morgan fingerprint density at radius 3 is 3.18 bits per heavy atom. The van der Waals surface area contributed by atoms with Crippen LogP contribution < -0.4 is 10.1 Å². The van der Waals surface area contributed by atoms with E-state index in [4.69, 9.17) is 9.26 Å². The van der Waals surface area contributed by atoms with Crippen LogP contribution in [0.5, 0.6) is 5.75 Å². The first kappa shape index (κ1) is 10.3. The van der Waals surface area contributed by atoms with Crippen LogP contribution in [0.1, 0.15) is 23.2 Å². The second kappa shape index (κ2) is 4.18. The second-order valence-electron chi connectivity index (χ2n) is 3.98. The lowest BCUT2D eigenvalue weighted by molar-refractivity contribution is 0.304. The molecule has 5 nitrogen and oxygen atoms in total. The summed E-state index contributed by atoms with van der Waals surface area (Å²) in [5, 5.41) is 6.91. The molecule has 1 unspecified atom stereocenters. The van der Waals surface area contributed by atoms with Crippen LogP contribution in [0.15, 0.2) is 28.8 Å². The fourth-order valence-corrected chi connectivity index (χ4v) is 2.01. The summed E-state index contributed by atoms with van der Waals surface area (Å²) >= 11 is 0. The summed E-state index contributed by atoms with van der Waals surface area (Å²) in [5.74, 6) is 2.27. The maximum Gasteiger partial charge on any atom is 0.237 e. The van der Waals surface area contributed by atoms with E-state index in [-0.39, 0.29) is 5.92 Å². The lowest BCUT2D eigenvalue weighted by Crippen LogP contribution is -2.07. The Morgan fingerprint density at radius 2 is 2.29 bits per heavy atom. The van der Waals surface area contributed by atoms with Crippen LogP contribution in [-0.4, -0.2) is 23.8 Å². The highest BCUT2D eigenvalue weighted by Crippen LogP contribution is 2.36. The van der Waals surface area contributed by atoms with E-state index in [2.05, 4.69) is 15.5 Å². The first-order chi connectivity index (χ1) is 8.38. The Balaban J connectivity index is 1.90. The van der Waals surface area contributed by atoms with Gasteiger partial charge in [0, 0.05) is 5.56 Å². The third-order valence-electron chi connectivity index (χ3n) is 2.82. The summed E-state index contributed by atoms with van der Waals surface area (Å²) in [6.45, 7) is 1.18. The molecule has 0 bridgehead atoms. The molecule has 1 N–H and O–H groups in total. The summed E-state index contributed by atoms with van der Waals surface area (Å²) in [6, 6.07) is 7.95. The second-order valence-corrected chi connectivity index (χ2v) is 3.98. The monoisotopic (exact) mass is 231 g/mol. The highest BCUT2D eigenvalue weighted by atomic mass is 16.5. The molecule has 1 atom stereocenters. The largest absolute Gasteiger partial charge is 0.492 e. The number of hydrogen-bond acceptors (Lipinski definition) is 5. The van der Waals surface area contributed by atoms with Gasteiger partial charge in [0.1, 0.15) is 18.3 Å². The van der Waals surface area contributed by atoms with Gasteiger partial charge in [-0.15, -0.1) is 0 Å². The van der Waals surface area contributed by atoms with Gasteiger partial charge >= 0.3 is 0 Å². The van der Waals surface area contributed by atoms with Crippen LogP contribution in [0, 0.1) is 0 Å². The minimum absolute atomic E-state index is 0.0595. The van der Waals surface area contributed by atoms with E-state index in [0.717, 1.165) is 11.3 Å². The van der Waals surface area contributed by atoms with E-state index >= 15 is 0 Å². The first-order valence-corrected chi connectivity index (χ1v) is 5.57. The molecule has 2 aromatic rings. The van der Waals surface area contributed by atoms with Gasteiger partial charge in [0.2, 0.25) is 5.89 Å². The number of benzene rings is 1. The highest BCUT2D eigenvalue weighted by Gasteiger charge is 2.29. The van der Waals surface area contributed by atoms with Gasteiger partial charge in [-0.2, -0.15) is 4.98 Å². The number of rotatable bonds is 3. The zero-order valence-corrected chi connectivity index (χ0v) is 9.51. The van der Waals surface area contributed by atoms with Gasteiger partial charge in [-0.3, -0.25) is 0 Å². The van der Waals surface area contributed by atoms with E-state index in [1.807, 2.05) is 31.3 Å². The molecule has 1 aromatic carbocycles. The molecule has 17 heavy (non-hydrogen) atoms. The maximum atomic E-state index is 5.59. The van der Waals surface area contributed by atoms with Crippen molar-refractivity contribution in [3.63, 3.8) is 0 Å². The smallest absolute Gasteiger partial charge is 0.237 e. The Kier molecular flexibility index (Phi) is 2.53. The summed E-state index contributed by atoms with van der Waals surface area (Å²) in [4.78, 5) is 4.36. The Morgan fingerprint density at radius 1 is 1.41 bits per heavy atom. The number of para-hydroxylation sites is 1. The van der Waals surface area contributed by atoms with Crippen molar-refractivity contribution in [1.82, 2.24) is 15.5 Å². The zero-order valence-electron chi connectivity index (χ0n) is 9.51.